The van der Waals surface area contributed by atoms with Crippen molar-refractivity contribution in [1.82, 2.24) is 4.98 Å². The first-order chi connectivity index (χ1) is 7.22. The normalized spacial score (nSPS) is 10.7. The molecule has 0 atom stereocenters. The van der Waals surface area contributed by atoms with Crippen LogP contribution >= 0.6 is 0 Å². The zero-order valence-corrected chi connectivity index (χ0v) is 9.99. The second-order valence-corrected chi connectivity index (χ2v) is 4.29. The SMILES string of the molecule is CCCCc1ccc(OCC(C)C)cn1. The maximum atomic E-state index is 5.56. The Bertz CT molecular complexity index is 266. The lowest BCUT2D eigenvalue weighted by atomic mass is 10.2. The number of aromatic nitrogens is 1. The fourth-order valence-corrected chi connectivity index (χ4v) is 1.26. The van der Waals surface area contributed by atoms with E-state index in [1.165, 1.54) is 12.8 Å². The van der Waals surface area contributed by atoms with E-state index < -0.39 is 0 Å². The van der Waals surface area contributed by atoms with Crippen molar-refractivity contribution in [2.24, 2.45) is 5.92 Å². The summed E-state index contributed by atoms with van der Waals surface area (Å²) in [5, 5.41) is 0. The molecule has 1 aromatic heterocycles. The highest BCUT2D eigenvalue weighted by molar-refractivity contribution is 5.19. The van der Waals surface area contributed by atoms with E-state index in [0.717, 1.165) is 24.5 Å². The van der Waals surface area contributed by atoms with Crippen LogP contribution in [-0.4, -0.2) is 11.6 Å². The number of rotatable bonds is 6. The Labute approximate surface area is 92.7 Å². The van der Waals surface area contributed by atoms with Gasteiger partial charge in [0.15, 0.2) is 0 Å². The van der Waals surface area contributed by atoms with Gasteiger partial charge in [-0.05, 0) is 30.9 Å². The van der Waals surface area contributed by atoms with Gasteiger partial charge in [-0.2, -0.15) is 0 Å². The number of hydrogen-bond donors (Lipinski definition) is 0. The smallest absolute Gasteiger partial charge is 0.137 e. The molecular formula is C13H21NO. The number of nitrogens with zero attached hydrogens (tertiary/aromatic N) is 1. The Morgan fingerprint density at radius 1 is 1.33 bits per heavy atom. The van der Waals surface area contributed by atoms with Crippen LogP contribution < -0.4 is 4.74 Å². The van der Waals surface area contributed by atoms with Crippen molar-refractivity contribution in [2.75, 3.05) is 6.61 Å². The summed E-state index contributed by atoms with van der Waals surface area (Å²) in [5.41, 5.74) is 1.16. The first-order valence-corrected chi connectivity index (χ1v) is 5.80. The summed E-state index contributed by atoms with van der Waals surface area (Å²) in [6.45, 7) is 7.24. The highest BCUT2D eigenvalue weighted by Gasteiger charge is 1.98. The molecule has 0 aliphatic heterocycles. The van der Waals surface area contributed by atoms with Gasteiger partial charge in [0.2, 0.25) is 0 Å². The summed E-state index contributed by atoms with van der Waals surface area (Å²) in [6, 6.07) is 4.08. The first kappa shape index (κ1) is 12.0. The number of ether oxygens (including phenoxy) is 1. The van der Waals surface area contributed by atoms with Crippen molar-refractivity contribution in [2.45, 2.75) is 40.0 Å². The minimum atomic E-state index is 0.560. The van der Waals surface area contributed by atoms with E-state index in [9.17, 15) is 0 Å². The largest absolute Gasteiger partial charge is 0.492 e. The molecule has 1 rings (SSSR count). The molecule has 0 N–H and O–H groups in total. The van der Waals surface area contributed by atoms with E-state index >= 15 is 0 Å². The fraction of sp³-hybridized carbons (Fsp3) is 0.615. The van der Waals surface area contributed by atoms with Crippen molar-refractivity contribution < 1.29 is 4.74 Å². The Morgan fingerprint density at radius 2 is 2.13 bits per heavy atom. The van der Waals surface area contributed by atoms with Gasteiger partial charge in [-0.15, -0.1) is 0 Å². The van der Waals surface area contributed by atoms with Crippen LogP contribution in [0.25, 0.3) is 0 Å². The van der Waals surface area contributed by atoms with Gasteiger partial charge in [-0.1, -0.05) is 27.2 Å². The lowest BCUT2D eigenvalue weighted by Crippen LogP contribution is -2.04. The molecule has 0 aliphatic rings. The summed E-state index contributed by atoms with van der Waals surface area (Å²) in [6.07, 6.45) is 5.32. The van der Waals surface area contributed by atoms with Crippen LogP contribution in [-0.2, 0) is 6.42 Å². The average molecular weight is 207 g/mol. The van der Waals surface area contributed by atoms with Crippen molar-refractivity contribution in [3.8, 4) is 5.75 Å². The molecule has 0 aromatic carbocycles. The summed E-state index contributed by atoms with van der Waals surface area (Å²) in [5.74, 6) is 1.44. The van der Waals surface area contributed by atoms with Crippen molar-refractivity contribution >= 4 is 0 Å². The maximum absolute atomic E-state index is 5.56. The van der Waals surface area contributed by atoms with Crippen molar-refractivity contribution in [1.29, 1.82) is 0 Å². The summed E-state index contributed by atoms with van der Waals surface area (Å²) >= 11 is 0. The Kier molecular flexibility index (Phi) is 5.16. The number of unbranched alkanes of at least 4 members (excludes halogenated alkanes) is 1. The van der Waals surface area contributed by atoms with Gasteiger partial charge in [0, 0.05) is 5.69 Å². The van der Waals surface area contributed by atoms with Crippen LogP contribution in [0.1, 0.15) is 39.3 Å². The fourth-order valence-electron chi connectivity index (χ4n) is 1.26. The minimum Gasteiger partial charge on any atom is -0.492 e. The van der Waals surface area contributed by atoms with Crippen LogP contribution in [0.4, 0.5) is 0 Å². The van der Waals surface area contributed by atoms with Gasteiger partial charge in [-0.25, -0.2) is 0 Å². The van der Waals surface area contributed by atoms with Gasteiger partial charge >= 0.3 is 0 Å². The Morgan fingerprint density at radius 3 is 2.67 bits per heavy atom. The number of hydrogen-bond acceptors (Lipinski definition) is 2. The molecule has 1 heterocycles. The molecule has 1 aromatic rings. The van der Waals surface area contributed by atoms with E-state index in [4.69, 9.17) is 4.74 Å². The summed E-state index contributed by atoms with van der Waals surface area (Å²) in [7, 11) is 0. The van der Waals surface area contributed by atoms with E-state index in [-0.39, 0.29) is 0 Å². The molecule has 0 bridgehead atoms. The molecule has 2 heteroatoms. The van der Waals surface area contributed by atoms with E-state index in [0.29, 0.717) is 5.92 Å². The average Bonchev–Trinajstić information content (AvgIpc) is 2.25. The highest BCUT2D eigenvalue weighted by Crippen LogP contribution is 2.11. The monoisotopic (exact) mass is 207 g/mol. The Balaban J connectivity index is 2.41. The second kappa shape index (κ2) is 6.44. The van der Waals surface area contributed by atoms with E-state index in [1.807, 2.05) is 12.3 Å². The lowest BCUT2D eigenvalue weighted by molar-refractivity contribution is 0.270. The Hall–Kier alpha value is -1.05. The first-order valence-electron chi connectivity index (χ1n) is 5.80. The zero-order chi connectivity index (χ0) is 11.1. The molecule has 84 valence electrons. The van der Waals surface area contributed by atoms with Gasteiger partial charge in [0.1, 0.15) is 5.75 Å². The van der Waals surface area contributed by atoms with Gasteiger partial charge in [0.05, 0.1) is 12.8 Å². The topological polar surface area (TPSA) is 22.1 Å². The van der Waals surface area contributed by atoms with Crippen LogP contribution in [0.15, 0.2) is 18.3 Å². The third-order valence-electron chi connectivity index (χ3n) is 2.17. The maximum Gasteiger partial charge on any atom is 0.137 e. The van der Waals surface area contributed by atoms with Crippen LogP contribution in [0.3, 0.4) is 0 Å². The van der Waals surface area contributed by atoms with Crippen molar-refractivity contribution in [3.63, 3.8) is 0 Å². The van der Waals surface area contributed by atoms with E-state index in [2.05, 4.69) is 31.8 Å². The van der Waals surface area contributed by atoms with E-state index in [1.54, 1.807) is 0 Å². The highest BCUT2D eigenvalue weighted by atomic mass is 16.5. The second-order valence-electron chi connectivity index (χ2n) is 4.29. The molecule has 0 spiro atoms. The molecule has 0 radical (unpaired) electrons. The van der Waals surface area contributed by atoms with Crippen LogP contribution in [0, 0.1) is 5.92 Å². The summed E-state index contributed by atoms with van der Waals surface area (Å²) < 4.78 is 5.56. The molecule has 0 amide bonds. The predicted molar refractivity (Wildman–Crippen MR) is 63.2 cm³/mol. The molecule has 2 nitrogen and oxygen atoms in total. The minimum absolute atomic E-state index is 0.560. The predicted octanol–water partition coefficient (Wildman–Crippen LogP) is 3.46. The molecule has 15 heavy (non-hydrogen) atoms. The van der Waals surface area contributed by atoms with Crippen LogP contribution in [0.5, 0.6) is 5.75 Å². The third-order valence-corrected chi connectivity index (χ3v) is 2.17. The van der Waals surface area contributed by atoms with Gasteiger partial charge < -0.3 is 4.74 Å². The molecule has 0 unspecified atom stereocenters. The molecular weight excluding hydrogens is 186 g/mol. The quantitative estimate of drug-likeness (QED) is 0.712. The third kappa shape index (κ3) is 4.82. The molecule has 0 fully saturated rings. The standard InChI is InChI=1S/C13H21NO/c1-4-5-6-12-7-8-13(9-14-12)15-10-11(2)3/h7-9,11H,4-6,10H2,1-3H3. The van der Waals surface area contributed by atoms with Crippen LogP contribution in [0.2, 0.25) is 0 Å². The van der Waals surface area contributed by atoms with Crippen molar-refractivity contribution in [3.05, 3.63) is 24.0 Å². The molecule has 0 saturated heterocycles. The number of aryl methyl sites for hydroxylation is 1. The van der Waals surface area contributed by atoms with Gasteiger partial charge in [0.25, 0.3) is 0 Å². The van der Waals surface area contributed by atoms with Gasteiger partial charge in [-0.3, -0.25) is 4.98 Å². The lowest BCUT2D eigenvalue weighted by Gasteiger charge is -2.08. The number of pyridine rings is 1. The zero-order valence-electron chi connectivity index (χ0n) is 9.99. The molecule has 0 saturated carbocycles. The molecule has 0 aliphatic carbocycles. The summed E-state index contributed by atoms with van der Waals surface area (Å²) in [4.78, 5) is 4.37.